The van der Waals surface area contributed by atoms with Gasteiger partial charge in [0.05, 0.1) is 5.69 Å². The Labute approximate surface area is 241 Å². The molecule has 1 aromatic heterocycles. The molecular weight excluding hydrogens is 530 g/mol. The number of anilines is 1. The fraction of sp³-hybridized carbons (Fsp3) is 0.581. The third-order valence-corrected chi connectivity index (χ3v) is 8.05. The molecule has 1 saturated heterocycles. The molecular formula is C31H44F2N4O4. The van der Waals surface area contributed by atoms with E-state index in [0.29, 0.717) is 30.6 Å². The summed E-state index contributed by atoms with van der Waals surface area (Å²) in [6.45, 7) is 16.6. The summed E-state index contributed by atoms with van der Waals surface area (Å²) in [7, 11) is 1.48. The summed E-state index contributed by atoms with van der Waals surface area (Å²) in [5.41, 5.74) is 0.894. The number of piperidine rings is 1. The average molecular weight is 575 g/mol. The molecule has 0 spiro atoms. The van der Waals surface area contributed by atoms with Gasteiger partial charge in [0, 0.05) is 55.1 Å². The minimum absolute atomic E-state index is 0.00121. The zero-order chi connectivity index (χ0) is 31.0. The summed E-state index contributed by atoms with van der Waals surface area (Å²) < 4.78 is 36.4. The van der Waals surface area contributed by atoms with Gasteiger partial charge in [-0.25, -0.2) is 13.6 Å². The first kappa shape index (κ1) is 32.1. The molecule has 0 bridgehead atoms. The van der Waals surface area contributed by atoms with Crippen molar-refractivity contribution in [1.29, 1.82) is 0 Å². The molecule has 0 aliphatic carbocycles. The molecule has 1 fully saturated rings. The molecule has 1 aliphatic rings. The summed E-state index contributed by atoms with van der Waals surface area (Å²) in [5, 5.41) is 2.69. The van der Waals surface area contributed by atoms with Crippen molar-refractivity contribution in [3.63, 3.8) is 0 Å². The van der Waals surface area contributed by atoms with Crippen LogP contribution in [0.25, 0.3) is 0 Å². The molecule has 1 N–H and O–H groups in total. The number of rotatable bonds is 6. The van der Waals surface area contributed by atoms with Crippen LogP contribution in [-0.4, -0.2) is 51.7 Å². The van der Waals surface area contributed by atoms with Crippen LogP contribution in [0.15, 0.2) is 16.9 Å². The lowest BCUT2D eigenvalue weighted by atomic mass is 9.90. The molecule has 0 saturated carbocycles. The van der Waals surface area contributed by atoms with Gasteiger partial charge < -0.3 is 24.4 Å². The number of hydrogen-bond acceptors (Lipinski definition) is 5. The standard InChI is InChI=1S/C31H44F2N4O4/c1-11-36(23-12-17(2)37(18(3)13-23)30(40)41-31(7,8)9)26-15-22(32)14-24(19(26)4)28(38)34-16-25-20(5)27(33)21(6)35(10)29(25)39/h14-15,17-18,23H,11-13,16H2,1-10H3,(H,34,38)/t17-,18-/m1/s1. The van der Waals surface area contributed by atoms with Crippen molar-refractivity contribution < 1.29 is 23.1 Å². The number of nitrogens with one attached hydrogen (secondary N) is 1. The summed E-state index contributed by atoms with van der Waals surface area (Å²) in [6, 6.07) is 2.40. The highest BCUT2D eigenvalue weighted by molar-refractivity contribution is 5.97. The number of carbonyl (C=O) groups excluding carboxylic acids is 2. The van der Waals surface area contributed by atoms with E-state index < -0.39 is 28.7 Å². The number of benzene rings is 1. The first-order valence-electron chi connectivity index (χ1n) is 14.2. The maximum atomic E-state index is 15.0. The van der Waals surface area contributed by atoms with Gasteiger partial charge in [-0.2, -0.15) is 0 Å². The molecule has 2 aromatic rings. The Morgan fingerprint density at radius 2 is 1.66 bits per heavy atom. The Kier molecular flexibility index (Phi) is 9.55. The van der Waals surface area contributed by atoms with Crippen molar-refractivity contribution in [3.8, 4) is 0 Å². The van der Waals surface area contributed by atoms with Crippen LogP contribution in [0.2, 0.25) is 0 Å². The quantitative estimate of drug-likeness (QED) is 0.491. The molecule has 1 aliphatic heterocycles. The number of aromatic nitrogens is 1. The summed E-state index contributed by atoms with van der Waals surface area (Å²) in [4.78, 5) is 42.7. The lowest BCUT2D eigenvalue weighted by Gasteiger charge is -2.47. The third-order valence-electron chi connectivity index (χ3n) is 8.05. The van der Waals surface area contributed by atoms with Gasteiger partial charge >= 0.3 is 6.09 Å². The zero-order valence-electron chi connectivity index (χ0n) is 25.9. The Morgan fingerprint density at radius 1 is 1.07 bits per heavy atom. The summed E-state index contributed by atoms with van der Waals surface area (Å²) in [5.74, 6) is -1.61. The summed E-state index contributed by atoms with van der Waals surface area (Å²) >= 11 is 0. The predicted octanol–water partition coefficient (Wildman–Crippen LogP) is 5.52. The number of carbonyl (C=O) groups is 2. The Balaban J connectivity index is 1.86. The first-order valence-corrected chi connectivity index (χ1v) is 14.2. The van der Waals surface area contributed by atoms with E-state index in [1.54, 1.807) is 11.8 Å². The predicted molar refractivity (Wildman–Crippen MR) is 156 cm³/mol. The molecule has 3 rings (SSSR count). The number of likely N-dealkylation sites (tertiary alicyclic amines) is 1. The maximum absolute atomic E-state index is 15.0. The maximum Gasteiger partial charge on any atom is 0.410 e. The second-order valence-corrected chi connectivity index (χ2v) is 12.1. The van der Waals surface area contributed by atoms with Crippen LogP contribution in [0.1, 0.15) is 87.1 Å². The fourth-order valence-electron chi connectivity index (χ4n) is 5.84. The lowest BCUT2D eigenvalue weighted by Crippen LogP contribution is -2.56. The van der Waals surface area contributed by atoms with E-state index in [9.17, 15) is 23.2 Å². The molecule has 2 heterocycles. The molecule has 10 heteroatoms. The monoisotopic (exact) mass is 574 g/mol. The van der Waals surface area contributed by atoms with Gasteiger partial charge in [0.1, 0.15) is 17.2 Å². The van der Waals surface area contributed by atoms with Crippen molar-refractivity contribution in [2.75, 3.05) is 11.4 Å². The summed E-state index contributed by atoms with van der Waals surface area (Å²) in [6.07, 6.45) is 0.950. The topological polar surface area (TPSA) is 83.9 Å². The van der Waals surface area contributed by atoms with Gasteiger partial charge in [-0.05, 0) is 98.4 Å². The smallest absolute Gasteiger partial charge is 0.410 e. The van der Waals surface area contributed by atoms with Crippen LogP contribution in [0.4, 0.5) is 19.3 Å². The van der Waals surface area contributed by atoms with Crippen molar-refractivity contribution in [3.05, 3.63) is 62.1 Å². The number of amides is 2. The van der Waals surface area contributed by atoms with Crippen LogP contribution in [0.5, 0.6) is 0 Å². The number of nitrogens with zero attached hydrogens (tertiary/aromatic N) is 3. The molecule has 8 nitrogen and oxygen atoms in total. The van der Waals surface area contributed by atoms with Crippen LogP contribution < -0.4 is 15.8 Å². The van der Waals surface area contributed by atoms with Gasteiger partial charge in [-0.1, -0.05) is 0 Å². The zero-order valence-corrected chi connectivity index (χ0v) is 25.9. The second-order valence-electron chi connectivity index (χ2n) is 12.1. The van der Waals surface area contributed by atoms with Gasteiger partial charge in [0.15, 0.2) is 0 Å². The first-order chi connectivity index (χ1) is 19.0. The van der Waals surface area contributed by atoms with Crippen molar-refractivity contribution >= 4 is 17.7 Å². The minimum Gasteiger partial charge on any atom is -0.444 e. The van der Waals surface area contributed by atoms with E-state index in [1.165, 1.54) is 37.6 Å². The van der Waals surface area contributed by atoms with E-state index in [2.05, 4.69) is 10.2 Å². The highest BCUT2D eigenvalue weighted by atomic mass is 19.1. The number of pyridine rings is 1. The van der Waals surface area contributed by atoms with Crippen molar-refractivity contribution in [2.45, 2.75) is 105 Å². The molecule has 41 heavy (non-hydrogen) atoms. The number of ether oxygens (including phenoxy) is 1. The molecule has 226 valence electrons. The van der Waals surface area contributed by atoms with E-state index in [1.807, 2.05) is 41.5 Å². The highest BCUT2D eigenvalue weighted by Crippen LogP contribution is 2.34. The van der Waals surface area contributed by atoms with E-state index in [0.717, 1.165) is 0 Å². The van der Waals surface area contributed by atoms with Crippen LogP contribution in [0, 0.1) is 32.4 Å². The molecule has 1 aromatic carbocycles. The van der Waals surface area contributed by atoms with Crippen molar-refractivity contribution in [1.82, 2.24) is 14.8 Å². The van der Waals surface area contributed by atoms with Crippen LogP contribution in [-0.2, 0) is 18.3 Å². The normalized spacial score (nSPS) is 19.2. The van der Waals surface area contributed by atoms with E-state index in [4.69, 9.17) is 4.74 Å². The lowest BCUT2D eigenvalue weighted by molar-refractivity contribution is -0.00252. The van der Waals surface area contributed by atoms with Gasteiger partial charge in [-0.15, -0.1) is 0 Å². The van der Waals surface area contributed by atoms with E-state index >= 15 is 0 Å². The van der Waals surface area contributed by atoms with Gasteiger partial charge in [0.25, 0.3) is 11.5 Å². The molecule has 0 unspecified atom stereocenters. The third kappa shape index (κ3) is 6.73. The number of halogens is 2. The highest BCUT2D eigenvalue weighted by Gasteiger charge is 2.38. The van der Waals surface area contributed by atoms with Crippen LogP contribution in [0.3, 0.4) is 0 Å². The van der Waals surface area contributed by atoms with Gasteiger partial charge in [-0.3, -0.25) is 9.59 Å². The Hall–Kier alpha value is -3.43. The number of hydrogen-bond donors (Lipinski definition) is 1. The Morgan fingerprint density at radius 3 is 2.20 bits per heavy atom. The van der Waals surface area contributed by atoms with E-state index in [-0.39, 0.29) is 53.1 Å². The van der Waals surface area contributed by atoms with Gasteiger partial charge in [0.2, 0.25) is 0 Å². The fourth-order valence-corrected chi connectivity index (χ4v) is 5.84. The molecule has 2 amide bonds. The largest absolute Gasteiger partial charge is 0.444 e. The average Bonchev–Trinajstić information content (AvgIpc) is 2.86. The molecule has 0 radical (unpaired) electrons. The Bertz CT molecular complexity index is 1370. The SMILES string of the molecule is CCN(c1cc(F)cc(C(=O)NCc2c(C)c(F)c(C)n(C)c2=O)c1C)C1C[C@@H](C)N(C(=O)OC(C)(C)C)[C@H](C)C1. The van der Waals surface area contributed by atoms with Crippen molar-refractivity contribution in [2.24, 2.45) is 7.05 Å². The molecule has 2 atom stereocenters. The van der Waals surface area contributed by atoms with Crippen LogP contribution >= 0.6 is 0 Å². The minimum atomic E-state index is -0.599. The second kappa shape index (κ2) is 12.2.